The summed E-state index contributed by atoms with van der Waals surface area (Å²) in [5.41, 5.74) is 8.16. The van der Waals surface area contributed by atoms with E-state index in [-0.39, 0.29) is 40.8 Å². The maximum Gasteiger partial charge on any atom is 0.344 e. The van der Waals surface area contributed by atoms with Crippen LogP contribution in [0, 0.1) is 6.92 Å². The van der Waals surface area contributed by atoms with Gasteiger partial charge in [0.1, 0.15) is 17.4 Å². The number of hydrogen-bond acceptors (Lipinski definition) is 9. The van der Waals surface area contributed by atoms with Gasteiger partial charge in [-0.25, -0.2) is 9.59 Å². The van der Waals surface area contributed by atoms with E-state index >= 15 is 0 Å². The number of fused-ring (bicyclic) bond motifs is 1. The number of ether oxygens (including phenoxy) is 4. The third-order valence-electron chi connectivity index (χ3n) is 5.14. The summed E-state index contributed by atoms with van der Waals surface area (Å²) in [4.78, 5) is 48.6. The normalized spacial score (nSPS) is 12.1. The monoisotopic (exact) mass is 490 g/mol. The van der Waals surface area contributed by atoms with Gasteiger partial charge in [0.15, 0.2) is 13.2 Å². The Kier molecular flexibility index (Phi) is 8.61. The Labute approximate surface area is 200 Å². The van der Waals surface area contributed by atoms with E-state index in [0.29, 0.717) is 5.75 Å². The van der Waals surface area contributed by atoms with Crippen molar-refractivity contribution in [2.75, 3.05) is 38.9 Å². The lowest BCUT2D eigenvalue weighted by atomic mass is 10.1. The van der Waals surface area contributed by atoms with Gasteiger partial charge in [-0.15, -0.1) is 11.3 Å². The number of amides is 2. The highest BCUT2D eigenvalue weighted by Crippen LogP contribution is 2.33. The first-order chi connectivity index (χ1) is 16.3. The maximum absolute atomic E-state index is 12.5. The first kappa shape index (κ1) is 25.2. The number of primary amides is 1. The standard InChI is InChI=1S/C23H26N2O8S/c1-13-19(23(29)31-9-8-30-2)22(34-20(13)21(24)28)25-17(26)11-33-18(27)12-32-16-7-6-14-4-3-5-15(14)10-16/h6-7,10H,3-5,8-9,11-12H2,1-2H3,(H2,24,28)(H,25,26). The fourth-order valence-corrected chi connectivity index (χ4v) is 4.57. The van der Waals surface area contributed by atoms with E-state index in [1.807, 2.05) is 12.1 Å². The summed E-state index contributed by atoms with van der Waals surface area (Å²) in [5.74, 6) is -2.35. The van der Waals surface area contributed by atoms with Crippen LogP contribution in [0.25, 0.3) is 0 Å². The smallest absolute Gasteiger partial charge is 0.344 e. The van der Waals surface area contributed by atoms with Gasteiger partial charge in [-0.2, -0.15) is 0 Å². The Morgan fingerprint density at radius 2 is 1.82 bits per heavy atom. The molecular weight excluding hydrogens is 464 g/mol. The molecule has 182 valence electrons. The van der Waals surface area contributed by atoms with Crippen LogP contribution in [0.4, 0.5) is 5.00 Å². The van der Waals surface area contributed by atoms with E-state index < -0.39 is 30.4 Å². The zero-order valence-corrected chi connectivity index (χ0v) is 19.7. The van der Waals surface area contributed by atoms with Crippen LogP contribution in [0.2, 0.25) is 0 Å². The SMILES string of the molecule is COCCOC(=O)c1c(NC(=O)COC(=O)COc2ccc3c(c2)CCC3)sc(C(N)=O)c1C. The van der Waals surface area contributed by atoms with Crippen molar-refractivity contribution in [3.8, 4) is 5.75 Å². The summed E-state index contributed by atoms with van der Waals surface area (Å²) >= 11 is 0.838. The van der Waals surface area contributed by atoms with Crippen LogP contribution in [0.3, 0.4) is 0 Å². The van der Waals surface area contributed by atoms with Crippen LogP contribution in [0.5, 0.6) is 5.75 Å². The van der Waals surface area contributed by atoms with Gasteiger partial charge in [0.05, 0.1) is 17.0 Å². The van der Waals surface area contributed by atoms with Gasteiger partial charge in [0.2, 0.25) is 0 Å². The minimum Gasteiger partial charge on any atom is -0.482 e. The molecule has 1 aromatic heterocycles. The van der Waals surface area contributed by atoms with E-state index in [2.05, 4.69) is 5.32 Å². The molecule has 34 heavy (non-hydrogen) atoms. The Balaban J connectivity index is 1.55. The van der Waals surface area contributed by atoms with Gasteiger partial charge in [-0.3, -0.25) is 9.59 Å². The van der Waals surface area contributed by atoms with Gasteiger partial charge in [-0.05, 0) is 55.0 Å². The second kappa shape index (κ2) is 11.6. The number of anilines is 1. The number of carbonyl (C=O) groups is 4. The van der Waals surface area contributed by atoms with Crippen LogP contribution in [0.1, 0.15) is 43.1 Å². The molecule has 1 aliphatic carbocycles. The first-order valence-electron chi connectivity index (χ1n) is 10.6. The molecule has 0 fully saturated rings. The number of nitrogens with one attached hydrogen (secondary N) is 1. The van der Waals surface area contributed by atoms with Crippen LogP contribution in [0.15, 0.2) is 18.2 Å². The molecular formula is C23H26N2O8S. The fourth-order valence-electron chi connectivity index (χ4n) is 3.50. The van der Waals surface area contributed by atoms with Crippen molar-refractivity contribution < 1.29 is 38.1 Å². The highest BCUT2D eigenvalue weighted by atomic mass is 32.1. The molecule has 11 heteroatoms. The van der Waals surface area contributed by atoms with Crippen molar-refractivity contribution in [2.45, 2.75) is 26.2 Å². The summed E-state index contributed by atoms with van der Waals surface area (Å²) in [6.07, 6.45) is 3.13. The minimum absolute atomic E-state index is 0.00819. The summed E-state index contributed by atoms with van der Waals surface area (Å²) in [7, 11) is 1.46. The number of rotatable bonds is 11. The van der Waals surface area contributed by atoms with Crippen molar-refractivity contribution >= 4 is 40.1 Å². The molecule has 1 aliphatic rings. The summed E-state index contributed by atoms with van der Waals surface area (Å²) in [5, 5.41) is 2.55. The van der Waals surface area contributed by atoms with E-state index in [4.69, 9.17) is 24.7 Å². The molecule has 0 unspecified atom stereocenters. The maximum atomic E-state index is 12.5. The minimum atomic E-state index is -0.746. The number of benzene rings is 1. The predicted octanol–water partition coefficient (Wildman–Crippen LogP) is 2.01. The number of nitrogens with two attached hydrogens (primary N) is 1. The molecule has 2 aromatic rings. The Morgan fingerprint density at radius 1 is 1.06 bits per heavy atom. The second-order valence-electron chi connectivity index (χ2n) is 7.53. The van der Waals surface area contributed by atoms with Gasteiger partial charge in [0.25, 0.3) is 11.8 Å². The molecule has 0 bridgehead atoms. The van der Waals surface area contributed by atoms with Crippen molar-refractivity contribution in [2.24, 2.45) is 5.73 Å². The zero-order valence-electron chi connectivity index (χ0n) is 18.9. The van der Waals surface area contributed by atoms with Crippen molar-refractivity contribution in [1.29, 1.82) is 0 Å². The Hall–Kier alpha value is -3.44. The molecule has 0 spiro atoms. The van der Waals surface area contributed by atoms with Crippen LogP contribution >= 0.6 is 11.3 Å². The number of aryl methyl sites for hydroxylation is 2. The molecule has 3 rings (SSSR count). The lowest BCUT2D eigenvalue weighted by Crippen LogP contribution is -2.24. The van der Waals surface area contributed by atoms with Gasteiger partial charge in [0, 0.05) is 7.11 Å². The van der Waals surface area contributed by atoms with Crippen molar-refractivity contribution in [1.82, 2.24) is 0 Å². The van der Waals surface area contributed by atoms with Crippen LogP contribution < -0.4 is 15.8 Å². The zero-order chi connectivity index (χ0) is 24.7. The molecule has 0 aliphatic heterocycles. The van der Waals surface area contributed by atoms with E-state index in [9.17, 15) is 19.2 Å². The molecule has 0 saturated heterocycles. The molecule has 1 aromatic carbocycles. The summed E-state index contributed by atoms with van der Waals surface area (Å²) < 4.78 is 20.4. The Morgan fingerprint density at radius 3 is 2.56 bits per heavy atom. The van der Waals surface area contributed by atoms with E-state index in [1.54, 1.807) is 6.07 Å². The van der Waals surface area contributed by atoms with Gasteiger partial charge < -0.3 is 30.0 Å². The molecule has 2 amide bonds. The highest BCUT2D eigenvalue weighted by molar-refractivity contribution is 7.18. The van der Waals surface area contributed by atoms with Crippen molar-refractivity contribution in [3.63, 3.8) is 0 Å². The number of methoxy groups -OCH3 is 1. The molecule has 0 saturated carbocycles. The Bertz CT molecular complexity index is 1090. The summed E-state index contributed by atoms with van der Waals surface area (Å²) in [6, 6.07) is 5.69. The number of thiophene rings is 1. The summed E-state index contributed by atoms with van der Waals surface area (Å²) in [6.45, 7) is 0.741. The average Bonchev–Trinajstić information content (AvgIpc) is 3.40. The predicted molar refractivity (Wildman–Crippen MR) is 123 cm³/mol. The van der Waals surface area contributed by atoms with E-state index in [1.165, 1.54) is 25.2 Å². The van der Waals surface area contributed by atoms with Gasteiger partial charge in [-0.1, -0.05) is 6.07 Å². The number of esters is 2. The number of hydrogen-bond donors (Lipinski definition) is 2. The average molecular weight is 491 g/mol. The van der Waals surface area contributed by atoms with Crippen molar-refractivity contribution in [3.05, 3.63) is 45.3 Å². The fraction of sp³-hybridized carbons (Fsp3) is 0.391. The lowest BCUT2D eigenvalue weighted by Gasteiger charge is -2.10. The highest BCUT2D eigenvalue weighted by Gasteiger charge is 2.26. The molecule has 3 N–H and O–H groups in total. The largest absolute Gasteiger partial charge is 0.482 e. The molecule has 0 atom stereocenters. The van der Waals surface area contributed by atoms with Crippen LogP contribution in [-0.4, -0.2) is 57.3 Å². The molecule has 1 heterocycles. The third-order valence-corrected chi connectivity index (χ3v) is 6.36. The second-order valence-corrected chi connectivity index (χ2v) is 8.56. The van der Waals surface area contributed by atoms with Crippen LogP contribution in [-0.2, 0) is 36.6 Å². The first-order valence-corrected chi connectivity index (χ1v) is 11.4. The molecule has 0 radical (unpaired) electrons. The molecule has 10 nitrogen and oxygen atoms in total. The third kappa shape index (κ3) is 6.33. The topological polar surface area (TPSA) is 143 Å². The number of carbonyl (C=O) groups excluding carboxylic acids is 4. The lowest BCUT2D eigenvalue weighted by molar-refractivity contribution is -0.149. The van der Waals surface area contributed by atoms with E-state index in [0.717, 1.165) is 30.6 Å². The quantitative estimate of drug-likeness (QED) is 0.360. The van der Waals surface area contributed by atoms with Gasteiger partial charge >= 0.3 is 11.9 Å².